The molecule has 0 atom stereocenters. The van der Waals surface area contributed by atoms with Gasteiger partial charge in [-0.05, 0) is 142 Å². The topological polar surface area (TPSA) is 6.48 Å². The van der Waals surface area contributed by atoms with Crippen LogP contribution in [0.25, 0.3) is 43.8 Å². The molecule has 0 aromatic heterocycles. The van der Waals surface area contributed by atoms with E-state index in [1.54, 1.807) is 0 Å². The minimum absolute atomic E-state index is 0.0615. The van der Waals surface area contributed by atoms with E-state index in [0.717, 1.165) is 12.8 Å². The maximum absolute atomic E-state index is 2.61. The molecule has 0 N–H and O–H groups in total. The van der Waals surface area contributed by atoms with Crippen molar-refractivity contribution in [2.24, 2.45) is 0 Å². The summed E-state index contributed by atoms with van der Waals surface area (Å²) in [7, 11) is 0. The Morgan fingerprint density at radius 2 is 0.683 bits per heavy atom. The first kappa shape index (κ1) is 36.7. The quantitative estimate of drug-likeness (QED) is 0.165. The Labute approximate surface area is 371 Å². The fourth-order valence-corrected chi connectivity index (χ4v) is 12.8. The third-order valence-electron chi connectivity index (χ3n) is 15.5. The number of benzene rings is 9. The first-order valence-corrected chi connectivity index (χ1v) is 23.4. The molecule has 0 radical (unpaired) electrons. The molecule has 4 aliphatic rings. The van der Waals surface area contributed by atoms with Gasteiger partial charge in [-0.2, -0.15) is 0 Å². The Morgan fingerprint density at radius 1 is 0.286 bits per heavy atom. The highest BCUT2D eigenvalue weighted by Gasteiger charge is 2.46. The first-order chi connectivity index (χ1) is 31.2. The van der Waals surface area contributed by atoms with Crippen molar-refractivity contribution in [1.29, 1.82) is 0 Å². The van der Waals surface area contributed by atoms with Crippen molar-refractivity contribution < 1.29 is 0 Å². The molecule has 0 amide bonds. The highest BCUT2D eigenvalue weighted by molar-refractivity contribution is 6.01. The molecule has 13 rings (SSSR count). The van der Waals surface area contributed by atoms with Crippen molar-refractivity contribution in [2.45, 2.75) is 68.6 Å². The van der Waals surface area contributed by atoms with Crippen LogP contribution in [0.3, 0.4) is 0 Å². The summed E-state index contributed by atoms with van der Waals surface area (Å²) in [4.78, 5) is 5.08. The monoisotopic (exact) mass is 810 g/mol. The van der Waals surface area contributed by atoms with Crippen LogP contribution in [0.2, 0.25) is 0 Å². The van der Waals surface area contributed by atoms with Gasteiger partial charge in [0.05, 0.1) is 11.4 Å². The molecule has 2 saturated carbocycles. The van der Waals surface area contributed by atoms with Gasteiger partial charge in [0, 0.05) is 44.4 Å². The van der Waals surface area contributed by atoms with Crippen LogP contribution < -0.4 is 9.80 Å². The summed E-state index contributed by atoms with van der Waals surface area (Å²) in [6.45, 7) is 0. The largest absolute Gasteiger partial charge is 0.310 e. The lowest BCUT2D eigenvalue weighted by atomic mass is 9.67. The van der Waals surface area contributed by atoms with Crippen LogP contribution in [0, 0.1) is 0 Å². The number of hydrogen-bond acceptors (Lipinski definition) is 2. The van der Waals surface area contributed by atoms with Gasteiger partial charge < -0.3 is 9.80 Å². The molecule has 304 valence electrons. The molecule has 0 unspecified atom stereocenters. The maximum atomic E-state index is 2.61. The van der Waals surface area contributed by atoms with E-state index >= 15 is 0 Å². The molecule has 0 heterocycles. The molecule has 9 aromatic carbocycles. The normalized spacial score (nSPS) is 16.3. The molecular weight excluding hydrogens is 761 g/mol. The minimum atomic E-state index is -0.0615. The van der Waals surface area contributed by atoms with Gasteiger partial charge in [0.15, 0.2) is 0 Å². The summed E-state index contributed by atoms with van der Waals surface area (Å²) in [5, 5.41) is 5.05. The summed E-state index contributed by atoms with van der Waals surface area (Å²) >= 11 is 0. The molecule has 4 aliphatic carbocycles. The summed E-state index contributed by atoms with van der Waals surface area (Å²) < 4.78 is 0. The average Bonchev–Trinajstić information content (AvgIpc) is 4.02. The SMILES string of the molecule is c1ccc(N(c2ccc3c(c2)C2(CCCCC2)c2cc(N(c4ccc5c(c4)C4(CCCC4)c4ccccc4-5)c4cccc5ccccc45)ccc2-3)c2cccc3ccccc23)cc1. The Bertz CT molecular complexity index is 3230. The molecule has 63 heavy (non-hydrogen) atoms. The standard InChI is InChI=1S/C61H50N2/c1-3-21-44(22-4-1)62(58-27-15-19-42-17-5-7-23-48(42)58)45-29-33-52-53-34-31-47(41-57(53)61(56(52)39-45)35-11-2-12-36-61)63(59-28-16-20-43-18-6-8-24-49(43)59)46-30-32-51-50-25-9-10-26-54(50)60(55(51)40-46)37-13-14-38-60/h1,3-10,15-34,39-41H,2,11-14,35-38H2. The average molecular weight is 811 g/mol. The third kappa shape index (κ3) is 5.50. The van der Waals surface area contributed by atoms with E-state index in [2.05, 4.69) is 204 Å². The zero-order chi connectivity index (χ0) is 41.5. The predicted octanol–water partition coefficient (Wildman–Crippen LogP) is 17.0. The lowest BCUT2D eigenvalue weighted by Gasteiger charge is -2.37. The second-order valence-corrected chi connectivity index (χ2v) is 18.7. The highest BCUT2D eigenvalue weighted by Crippen LogP contribution is 2.60. The van der Waals surface area contributed by atoms with Gasteiger partial charge in [-0.25, -0.2) is 0 Å². The lowest BCUT2D eigenvalue weighted by molar-refractivity contribution is 0.353. The number of nitrogens with zero attached hydrogens (tertiary/aromatic N) is 2. The fourth-order valence-electron chi connectivity index (χ4n) is 12.8. The number of anilines is 6. The molecule has 2 nitrogen and oxygen atoms in total. The van der Waals surface area contributed by atoms with Crippen molar-refractivity contribution in [3.05, 3.63) is 216 Å². The van der Waals surface area contributed by atoms with Gasteiger partial charge in [0.2, 0.25) is 0 Å². The summed E-state index contributed by atoms with van der Waals surface area (Å²) in [6.07, 6.45) is 11.1. The Balaban J connectivity index is 0.995. The molecule has 2 fully saturated rings. The van der Waals surface area contributed by atoms with Gasteiger partial charge in [0.25, 0.3) is 0 Å². The molecule has 9 aromatic rings. The van der Waals surface area contributed by atoms with E-state index in [4.69, 9.17) is 0 Å². The Kier molecular flexibility index (Phi) is 8.35. The fraction of sp³-hybridized carbons (Fsp3) is 0.180. The van der Waals surface area contributed by atoms with Crippen LogP contribution in [-0.4, -0.2) is 0 Å². The maximum Gasteiger partial charge on any atom is 0.0540 e. The van der Waals surface area contributed by atoms with Crippen molar-refractivity contribution in [2.75, 3.05) is 9.80 Å². The van der Waals surface area contributed by atoms with Crippen LogP contribution in [0.1, 0.15) is 80.0 Å². The second-order valence-electron chi connectivity index (χ2n) is 18.7. The molecule has 0 bridgehead atoms. The molecule has 0 aliphatic heterocycles. The number of rotatable bonds is 6. The van der Waals surface area contributed by atoms with E-state index in [0.29, 0.717) is 0 Å². The second kappa shape index (κ2) is 14.3. The van der Waals surface area contributed by atoms with Gasteiger partial charge in [-0.15, -0.1) is 0 Å². The van der Waals surface area contributed by atoms with E-state index in [-0.39, 0.29) is 10.8 Å². The van der Waals surface area contributed by atoms with Gasteiger partial charge in [0.1, 0.15) is 0 Å². The number of hydrogen-bond donors (Lipinski definition) is 0. The summed E-state index contributed by atoms with van der Waals surface area (Å²) in [6, 6.07) is 73.8. The van der Waals surface area contributed by atoms with E-state index in [1.807, 2.05) is 0 Å². The highest BCUT2D eigenvalue weighted by atomic mass is 15.2. The zero-order valence-corrected chi connectivity index (χ0v) is 35.7. The predicted molar refractivity (Wildman–Crippen MR) is 265 cm³/mol. The lowest BCUT2D eigenvalue weighted by Crippen LogP contribution is -2.28. The van der Waals surface area contributed by atoms with Crippen molar-refractivity contribution in [3.63, 3.8) is 0 Å². The van der Waals surface area contributed by atoms with Crippen LogP contribution in [0.4, 0.5) is 34.1 Å². The van der Waals surface area contributed by atoms with Crippen molar-refractivity contribution >= 4 is 55.7 Å². The van der Waals surface area contributed by atoms with Crippen LogP contribution >= 0.6 is 0 Å². The van der Waals surface area contributed by atoms with Gasteiger partial charge >= 0.3 is 0 Å². The molecule has 0 saturated heterocycles. The van der Waals surface area contributed by atoms with Crippen LogP contribution in [0.5, 0.6) is 0 Å². The van der Waals surface area contributed by atoms with Gasteiger partial charge in [-0.3, -0.25) is 0 Å². The zero-order valence-electron chi connectivity index (χ0n) is 35.7. The van der Waals surface area contributed by atoms with Crippen molar-refractivity contribution in [1.82, 2.24) is 0 Å². The van der Waals surface area contributed by atoms with Crippen molar-refractivity contribution in [3.8, 4) is 22.3 Å². The molecular formula is C61H50N2. The van der Waals surface area contributed by atoms with E-state index in [1.165, 1.54) is 145 Å². The molecule has 2 spiro atoms. The van der Waals surface area contributed by atoms with Gasteiger partial charge in [-0.1, -0.05) is 166 Å². The number of para-hydroxylation sites is 1. The van der Waals surface area contributed by atoms with E-state index in [9.17, 15) is 0 Å². The molecule has 2 heteroatoms. The Morgan fingerprint density at radius 3 is 1.22 bits per heavy atom. The summed E-state index contributed by atoms with van der Waals surface area (Å²) in [5.74, 6) is 0. The number of fused-ring (bicyclic) bond motifs is 12. The Hall–Kier alpha value is -6.90. The van der Waals surface area contributed by atoms with Crippen LogP contribution in [-0.2, 0) is 10.8 Å². The first-order valence-electron chi connectivity index (χ1n) is 23.4. The van der Waals surface area contributed by atoms with E-state index < -0.39 is 0 Å². The third-order valence-corrected chi connectivity index (χ3v) is 15.5. The smallest absolute Gasteiger partial charge is 0.0540 e. The van der Waals surface area contributed by atoms with Crippen LogP contribution in [0.15, 0.2) is 194 Å². The summed E-state index contributed by atoms with van der Waals surface area (Å²) in [5.41, 5.74) is 19.0. The minimum Gasteiger partial charge on any atom is -0.310 e.